The summed E-state index contributed by atoms with van der Waals surface area (Å²) in [5.41, 5.74) is 0.665. The van der Waals surface area contributed by atoms with E-state index in [9.17, 15) is 18.5 Å². The molecule has 0 radical (unpaired) electrons. The summed E-state index contributed by atoms with van der Waals surface area (Å²) >= 11 is 0. The Labute approximate surface area is 199 Å². The zero-order valence-electron chi connectivity index (χ0n) is 19.5. The van der Waals surface area contributed by atoms with Crippen LogP contribution in [0.1, 0.15) is 39.2 Å². The smallest absolute Gasteiger partial charge is 0.407 e. The Bertz CT molecular complexity index is 1360. The van der Waals surface area contributed by atoms with Gasteiger partial charge in [0.15, 0.2) is 5.65 Å². The highest BCUT2D eigenvalue weighted by molar-refractivity contribution is 7.90. The average molecular weight is 482 g/mol. The van der Waals surface area contributed by atoms with E-state index >= 15 is 0 Å². The second-order valence-electron chi connectivity index (χ2n) is 9.38. The topological polar surface area (TPSA) is 117 Å². The van der Waals surface area contributed by atoms with Crippen LogP contribution in [-0.2, 0) is 14.8 Å². The van der Waals surface area contributed by atoms with Crippen molar-refractivity contribution < 1.29 is 17.9 Å². The summed E-state index contributed by atoms with van der Waals surface area (Å²) in [5.74, 6) is 0. The first-order chi connectivity index (χ1) is 16.0. The largest absolute Gasteiger partial charge is 0.444 e. The number of ether oxygens (including phenoxy) is 1. The Hall–Kier alpha value is -3.58. The van der Waals surface area contributed by atoms with Crippen molar-refractivity contribution in [1.29, 1.82) is 5.26 Å². The van der Waals surface area contributed by atoms with E-state index in [1.807, 2.05) is 32.7 Å². The van der Waals surface area contributed by atoms with Crippen molar-refractivity contribution in [3.63, 3.8) is 0 Å². The number of alkyl carbamates (subject to hydrolysis) is 1. The lowest BCUT2D eigenvalue weighted by Gasteiger charge is -2.43. The molecule has 2 aromatic heterocycles. The molecule has 9 nitrogen and oxygen atoms in total. The van der Waals surface area contributed by atoms with Crippen LogP contribution in [0.5, 0.6) is 0 Å². The number of anilines is 1. The first-order valence-corrected chi connectivity index (χ1v) is 12.4. The molecule has 1 saturated carbocycles. The fraction of sp³-hybridized carbons (Fsp3) is 0.375. The number of hydrogen-bond donors (Lipinski definition) is 1. The maximum absolute atomic E-state index is 13.2. The Morgan fingerprint density at radius 2 is 1.91 bits per heavy atom. The van der Waals surface area contributed by atoms with E-state index in [4.69, 9.17) is 4.74 Å². The van der Waals surface area contributed by atoms with Gasteiger partial charge in [-0.1, -0.05) is 18.2 Å². The summed E-state index contributed by atoms with van der Waals surface area (Å²) in [7, 11) is -1.97. The number of nitriles is 1. The fourth-order valence-electron chi connectivity index (χ4n) is 4.09. The molecule has 1 aliphatic carbocycles. The highest BCUT2D eigenvalue weighted by atomic mass is 32.2. The molecular weight excluding hydrogens is 454 g/mol. The molecule has 0 bridgehead atoms. The predicted octanol–water partition coefficient (Wildman–Crippen LogP) is 3.64. The molecule has 2 heterocycles. The Balaban J connectivity index is 1.60. The summed E-state index contributed by atoms with van der Waals surface area (Å²) in [6.45, 7) is 5.44. The van der Waals surface area contributed by atoms with Gasteiger partial charge in [0, 0.05) is 36.9 Å². The number of rotatable bonds is 5. The Morgan fingerprint density at radius 3 is 2.53 bits per heavy atom. The standard InChI is InChI=1S/C24H27N5O4S/c1-24(2,3)33-23(30)27-17-12-18(13-17)28(4)21-16(14-25)15-26-22-20(21)10-11-29(22)34(31,32)19-8-6-5-7-9-19/h5-11,15,17-18H,12-13H2,1-4H3,(H,27,30). The van der Waals surface area contributed by atoms with Crippen molar-refractivity contribution in [3.8, 4) is 6.07 Å². The van der Waals surface area contributed by atoms with Gasteiger partial charge in [-0.2, -0.15) is 5.26 Å². The number of nitrogens with zero attached hydrogens (tertiary/aromatic N) is 4. The van der Waals surface area contributed by atoms with Gasteiger partial charge >= 0.3 is 6.09 Å². The third kappa shape index (κ3) is 4.43. The van der Waals surface area contributed by atoms with Crippen molar-refractivity contribution in [2.75, 3.05) is 11.9 Å². The lowest BCUT2D eigenvalue weighted by molar-refractivity contribution is 0.0471. The molecule has 34 heavy (non-hydrogen) atoms. The van der Waals surface area contributed by atoms with E-state index in [2.05, 4.69) is 16.4 Å². The minimum atomic E-state index is -3.84. The molecule has 0 aliphatic heterocycles. The summed E-state index contributed by atoms with van der Waals surface area (Å²) in [6.07, 6.45) is 3.76. The lowest BCUT2D eigenvalue weighted by Crippen LogP contribution is -2.53. The van der Waals surface area contributed by atoms with E-state index < -0.39 is 21.7 Å². The van der Waals surface area contributed by atoms with Crippen molar-refractivity contribution in [2.24, 2.45) is 0 Å². The van der Waals surface area contributed by atoms with Gasteiger partial charge in [0.1, 0.15) is 11.7 Å². The van der Waals surface area contributed by atoms with Gasteiger partial charge in [0.2, 0.25) is 0 Å². The number of benzene rings is 1. The summed E-state index contributed by atoms with van der Waals surface area (Å²) in [6, 6.07) is 12.0. The molecule has 1 fully saturated rings. The molecule has 0 atom stereocenters. The van der Waals surface area contributed by atoms with Gasteiger partial charge in [0.05, 0.1) is 16.1 Å². The monoisotopic (exact) mass is 481 g/mol. The van der Waals surface area contributed by atoms with Gasteiger partial charge in [-0.15, -0.1) is 0 Å². The first-order valence-electron chi connectivity index (χ1n) is 10.9. The van der Waals surface area contributed by atoms with Gasteiger partial charge in [-0.05, 0) is 51.8 Å². The van der Waals surface area contributed by atoms with Crippen molar-refractivity contribution >= 4 is 32.8 Å². The molecular formula is C24H27N5O4S. The molecule has 1 N–H and O–H groups in total. The molecule has 10 heteroatoms. The van der Waals surface area contributed by atoms with Crippen molar-refractivity contribution in [3.05, 3.63) is 54.4 Å². The average Bonchev–Trinajstić information content (AvgIpc) is 3.19. The first kappa shape index (κ1) is 23.6. The van der Waals surface area contributed by atoms with Crippen molar-refractivity contribution in [2.45, 2.75) is 56.2 Å². The molecule has 3 aromatic rings. The van der Waals surface area contributed by atoms with Crippen LogP contribution in [0.25, 0.3) is 11.0 Å². The van der Waals surface area contributed by atoms with Crippen LogP contribution in [0.2, 0.25) is 0 Å². The minimum Gasteiger partial charge on any atom is -0.444 e. The lowest BCUT2D eigenvalue weighted by atomic mass is 9.85. The van der Waals surface area contributed by atoms with Crippen LogP contribution in [0.3, 0.4) is 0 Å². The second kappa shape index (κ2) is 8.65. The molecule has 0 saturated heterocycles. The van der Waals surface area contributed by atoms with Gasteiger partial charge in [-0.25, -0.2) is 22.2 Å². The Morgan fingerprint density at radius 1 is 1.24 bits per heavy atom. The van der Waals surface area contributed by atoms with Crippen LogP contribution in [0.15, 0.2) is 53.7 Å². The maximum Gasteiger partial charge on any atom is 0.407 e. The number of pyridine rings is 1. The SMILES string of the molecule is CN(c1c(C#N)cnc2c1ccn2S(=O)(=O)c1ccccc1)C1CC(NC(=O)OC(C)(C)C)C1. The summed E-state index contributed by atoms with van der Waals surface area (Å²) in [5, 5.41) is 13.2. The van der Waals surface area contributed by atoms with Crippen molar-refractivity contribution in [1.82, 2.24) is 14.3 Å². The van der Waals surface area contributed by atoms with E-state index in [1.54, 1.807) is 24.3 Å². The zero-order chi connectivity index (χ0) is 24.7. The zero-order valence-corrected chi connectivity index (χ0v) is 20.3. The number of carbonyl (C=O) groups is 1. The third-order valence-corrected chi connectivity index (χ3v) is 7.49. The molecule has 0 unspecified atom stereocenters. The summed E-state index contributed by atoms with van der Waals surface area (Å²) in [4.78, 5) is 18.5. The minimum absolute atomic E-state index is 0.0341. The number of amides is 1. The number of fused-ring (bicyclic) bond motifs is 1. The highest BCUT2D eigenvalue weighted by Crippen LogP contribution is 2.36. The van der Waals surface area contributed by atoms with E-state index in [0.29, 0.717) is 29.5 Å². The van der Waals surface area contributed by atoms with Crippen LogP contribution in [0, 0.1) is 11.3 Å². The molecule has 4 rings (SSSR count). The van der Waals surface area contributed by atoms with E-state index in [0.717, 1.165) is 3.97 Å². The van der Waals surface area contributed by atoms with E-state index in [-0.39, 0.29) is 22.6 Å². The summed E-state index contributed by atoms with van der Waals surface area (Å²) < 4.78 is 32.8. The van der Waals surface area contributed by atoms with Crippen LogP contribution < -0.4 is 10.2 Å². The normalized spacial score (nSPS) is 18.1. The van der Waals surface area contributed by atoms with E-state index in [1.165, 1.54) is 24.5 Å². The number of aromatic nitrogens is 2. The third-order valence-electron chi connectivity index (χ3n) is 5.81. The van der Waals surface area contributed by atoms with Crippen LogP contribution >= 0.6 is 0 Å². The predicted molar refractivity (Wildman–Crippen MR) is 128 cm³/mol. The second-order valence-corrected chi connectivity index (χ2v) is 11.2. The number of carbonyl (C=O) groups excluding carboxylic acids is 1. The fourth-order valence-corrected chi connectivity index (χ4v) is 5.41. The quantitative estimate of drug-likeness (QED) is 0.591. The van der Waals surface area contributed by atoms with Crippen LogP contribution in [0.4, 0.5) is 10.5 Å². The molecule has 1 aromatic carbocycles. The molecule has 0 spiro atoms. The van der Waals surface area contributed by atoms with Gasteiger partial charge in [0.25, 0.3) is 10.0 Å². The molecule has 1 amide bonds. The van der Waals surface area contributed by atoms with Gasteiger partial charge in [-0.3, -0.25) is 0 Å². The van der Waals surface area contributed by atoms with Crippen LogP contribution in [-0.4, -0.2) is 48.2 Å². The number of hydrogen-bond acceptors (Lipinski definition) is 7. The molecule has 1 aliphatic rings. The Kier molecular flexibility index (Phi) is 6.00. The van der Waals surface area contributed by atoms with Gasteiger partial charge < -0.3 is 15.0 Å². The maximum atomic E-state index is 13.2. The molecule has 178 valence electrons. The highest BCUT2D eigenvalue weighted by Gasteiger charge is 2.36. The number of nitrogens with one attached hydrogen (secondary N) is 1.